The maximum absolute atomic E-state index is 13.3. The van der Waals surface area contributed by atoms with Crippen LogP contribution in [0.4, 0.5) is 4.39 Å². The molecule has 96 valence electrons. The van der Waals surface area contributed by atoms with Gasteiger partial charge in [-0.3, -0.25) is 4.79 Å². The maximum atomic E-state index is 13.3. The number of carbonyl (C=O) groups is 1. The number of nitrogens with one attached hydrogen (secondary N) is 1. The second-order valence-electron chi connectivity index (χ2n) is 5.07. The van der Waals surface area contributed by atoms with Gasteiger partial charge in [0.25, 0.3) is 0 Å². The Balaban J connectivity index is 1.72. The molecule has 0 aromatic heterocycles. The van der Waals surface area contributed by atoms with Gasteiger partial charge < -0.3 is 10.2 Å². The van der Waals surface area contributed by atoms with Crippen LogP contribution in [0.3, 0.4) is 0 Å². The van der Waals surface area contributed by atoms with Crippen LogP contribution in [0, 0.1) is 5.82 Å². The van der Waals surface area contributed by atoms with Crippen molar-refractivity contribution in [1.29, 1.82) is 0 Å². The first-order valence-corrected chi connectivity index (χ1v) is 6.53. The second-order valence-corrected chi connectivity index (χ2v) is 5.07. The minimum absolute atomic E-state index is 0.0243. The van der Waals surface area contributed by atoms with E-state index in [1.807, 2.05) is 4.90 Å². The van der Waals surface area contributed by atoms with Crippen LogP contribution < -0.4 is 5.32 Å². The zero-order chi connectivity index (χ0) is 12.5. The van der Waals surface area contributed by atoms with Crippen molar-refractivity contribution in [2.45, 2.75) is 31.8 Å². The lowest BCUT2D eigenvalue weighted by Crippen LogP contribution is -2.30. The quantitative estimate of drug-likeness (QED) is 0.868. The SMILES string of the molecule is O=C(CC1NCc2ccc(F)cc21)N1CCCC1. The Morgan fingerprint density at radius 2 is 2.17 bits per heavy atom. The summed E-state index contributed by atoms with van der Waals surface area (Å²) in [5, 5.41) is 3.29. The molecule has 0 radical (unpaired) electrons. The molecule has 1 amide bonds. The third-order valence-electron chi connectivity index (χ3n) is 3.86. The van der Waals surface area contributed by atoms with Gasteiger partial charge in [-0.15, -0.1) is 0 Å². The number of nitrogens with zero attached hydrogens (tertiary/aromatic N) is 1. The fraction of sp³-hybridized carbons (Fsp3) is 0.500. The van der Waals surface area contributed by atoms with Crippen molar-refractivity contribution in [3.63, 3.8) is 0 Å². The van der Waals surface area contributed by atoms with Crippen molar-refractivity contribution in [1.82, 2.24) is 10.2 Å². The van der Waals surface area contributed by atoms with E-state index in [0.29, 0.717) is 6.42 Å². The van der Waals surface area contributed by atoms with Crippen molar-refractivity contribution >= 4 is 5.91 Å². The molecule has 1 aromatic carbocycles. The Labute approximate surface area is 106 Å². The zero-order valence-electron chi connectivity index (χ0n) is 10.3. The van der Waals surface area contributed by atoms with Crippen LogP contribution in [-0.4, -0.2) is 23.9 Å². The van der Waals surface area contributed by atoms with Crippen LogP contribution in [0.2, 0.25) is 0 Å². The number of likely N-dealkylation sites (tertiary alicyclic amines) is 1. The molecule has 2 aliphatic heterocycles. The number of hydrogen-bond donors (Lipinski definition) is 1. The molecule has 3 nitrogen and oxygen atoms in total. The fourth-order valence-electron chi connectivity index (χ4n) is 2.85. The predicted molar refractivity (Wildman–Crippen MR) is 66.4 cm³/mol. The van der Waals surface area contributed by atoms with E-state index < -0.39 is 0 Å². The van der Waals surface area contributed by atoms with Crippen molar-refractivity contribution in [3.8, 4) is 0 Å². The summed E-state index contributed by atoms with van der Waals surface area (Å²) in [5.74, 6) is -0.0433. The topological polar surface area (TPSA) is 32.3 Å². The van der Waals surface area contributed by atoms with Gasteiger partial charge in [0.05, 0.1) is 0 Å². The van der Waals surface area contributed by atoms with Crippen molar-refractivity contribution in [3.05, 3.63) is 35.1 Å². The molecule has 2 aliphatic rings. The maximum Gasteiger partial charge on any atom is 0.224 e. The third-order valence-corrected chi connectivity index (χ3v) is 3.86. The molecule has 1 aromatic rings. The Morgan fingerprint density at radius 1 is 1.39 bits per heavy atom. The summed E-state index contributed by atoms with van der Waals surface area (Å²) in [6.07, 6.45) is 2.65. The lowest BCUT2D eigenvalue weighted by molar-refractivity contribution is -0.130. The molecule has 0 saturated carbocycles. The average molecular weight is 248 g/mol. The highest BCUT2D eigenvalue weighted by Crippen LogP contribution is 2.29. The largest absolute Gasteiger partial charge is 0.343 e. The Morgan fingerprint density at radius 3 is 2.94 bits per heavy atom. The number of carbonyl (C=O) groups excluding carboxylic acids is 1. The summed E-state index contributed by atoms with van der Waals surface area (Å²) in [5.41, 5.74) is 2.05. The van der Waals surface area contributed by atoms with Gasteiger partial charge in [0.2, 0.25) is 5.91 Å². The zero-order valence-corrected chi connectivity index (χ0v) is 10.3. The van der Waals surface area contributed by atoms with Crippen molar-refractivity contribution in [2.75, 3.05) is 13.1 Å². The Hall–Kier alpha value is -1.42. The van der Waals surface area contributed by atoms with Gasteiger partial charge in [-0.25, -0.2) is 4.39 Å². The Bertz CT molecular complexity index is 469. The molecule has 0 aliphatic carbocycles. The summed E-state index contributed by atoms with van der Waals surface area (Å²) in [6.45, 7) is 2.48. The number of amides is 1. The van der Waals surface area contributed by atoms with Gasteiger partial charge >= 0.3 is 0 Å². The van der Waals surface area contributed by atoms with E-state index in [1.165, 1.54) is 6.07 Å². The van der Waals surface area contributed by atoms with Crippen LogP contribution in [0.1, 0.15) is 36.4 Å². The minimum Gasteiger partial charge on any atom is -0.343 e. The van der Waals surface area contributed by atoms with Gasteiger partial charge in [-0.2, -0.15) is 0 Å². The number of fused-ring (bicyclic) bond motifs is 1. The molecule has 0 spiro atoms. The van der Waals surface area contributed by atoms with Crippen LogP contribution in [0.15, 0.2) is 18.2 Å². The van der Waals surface area contributed by atoms with Gasteiger partial charge in [0.1, 0.15) is 5.82 Å². The summed E-state index contributed by atoms with van der Waals surface area (Å²) in [7, 11) is 0. The van der Waals surface area contributed by atoms with E-state index >= 15 is 0 Å². The highest BCUT2D eigenvalue weighted by Gasteiger charge is 2.27. The molecular weight excluding hydrogens is 231 g/mol. The molecule has 1 saturated heterocycles. The summed E-state index contributed by atoms with van der Waals surface area (Å²) in [4.78, 5) is 14.0. The normalized spacial score (nSPS) is 22.3. The van der Waals surface area contributed by atoms with Crippen molar-refractivity contribution < 1.29 is 9.18 Å². The number of hydrogen-bond acceptors (Lipinski definition) is 2. The lowest BCUT2D eigenvalue weighted by atomic mass is 10.0. The molecule has 18 heavy (non-hydrogen) atoms. The third kappa shape index (κ3) is 2.12. The summed E-state index contributed by atoms with van der Waals surface area (Å²) >= 11 is 0. The van der Waals surface area contributed by atoms with Crippen LogP contribution >= 0.6 is 0 Å². The van der Waals surface area contributed by atoms with Gasteiger partial charge in [0, 0.05) is 32.1 Å². The van der Waals surface area contributed by atoms with Crippen LogP contribution in [0.25, 0.3) is 0 Å². The second kappa shape index (κ2) is 4.69. The minimum atomic E-state index is -0.226. The first-order valence-electron chi connectivity index (χ1n) is 6.53. The molecule has 3 rings (SSSR count). The smallest absolute Gasteiger partial charge is 0.224 e. The Kier molecular flexibility index (Phi) is 3.04. The van der Waals surface area contributed by atoms with Crippen LogP contribution in [0.5, 0.6) is 0 Å². The van der Waals surface area contributed by atoms with Gasteiger partial charge in [-0.1, -0.05) is 6.07 Å². The number of benzene rings is 1. The standard InChI is InChI=1S/C14H17FN2O/c15-11-4-3-10-9-16-13(12(10)7-11)8-14(18)17-5-1-2-6-17/h3-4,7,13,16H,1-2,5-6,8-9H2. The molecule has 1 unspecified atom stereocenters. The monoisotopic (exact) mass is 248 g/mol. The highest BCUT2D eigenvalue weighted by molar-refractivity contribution is 5.77. The number of rotatable bonds is 2. The lowest BCUT2D eigenvalue weighted by Gasteiger charge is -2.18. The van der Waals surface area contributed by atoms with Gasteiger partial charge in [-0.05, 0) is 36.1 Å². The van der Waals surface area contributed by atoms with E-state index in [4.69, 9.17) is 0 Å². The van der Waals surface area contributed by atoms with Crippen LogP contribution in [-0.2, 0) is 11.3 Å². The highest BCUT2D eigenvalue weighted by atomic mass is 19.1. The van der Waals surface area contributed by atoms with E-state index in [2.05, 4.69) is 5.32 Å². The molecule has 1 N–H and O–H groups in total. The number of halogens is 1. The molecule has 1 fully saturated rings. The van der Waals surface area contributed by atoms with E-state index in [1.54, 1.807) is 12.1 Å². The predicted octanol–water partition coefficient (Wildman–Crippen LogP) is 1.98. The fourth-order valence-corrected chi connectivity index (χ4v) is 2.85. The van der Waals surface area contributed by atoms with Crippen molar-refractivity contribution in [2.24, 2.45) is 0 Å². The summed E-state index contributed by atoms with van der Waals surface area (Å²) in [6, 6.07) is 4.81. The van der Waals surface area contributed by atoms with E-state index in [0.717, 1.165) is 43.6 Å². The van der Waals surface area contributed by atoms with E-state index in [9.17, 15) is 9.18 Å². The summed E-state index contributed by atoms with van der Waals surface area (Å²) < 4.78 is 13.3. The first kappa shape index (κ1) is 11.7. The molecule has 2 heterocycles. The molecule has 0 bridgehead atoms. The molecule has 4 heteroatoms. The molecule has 1 atom stereocenters. The average Bonchev–Trinajstić information content (AvgIpc) is 2.99. The molecular formula is C14H17FN2O. The first-order chi connectivity index (χ1) is 8.74. The van der Waals surface area contributed by atoms with E-state index in [-0.39, 0.29) is 17.8 Å². The van der Waals surface area contributed by atoms with Gasteiger partial charge in [0.15, 0.2) is 0 Å².